The summed E-state index contributed by atoms with van der Waals surface area (Å²) in [4.78, 5) is 0. The lowest BCUT2D eigenvalue weighted by molar-refractivity contribution is -0.0308. The molecular weight excluding hydrogens is 539 g/mol. The van der Waals surface area contributed by atoms with Gasteiger partial charge >= 0.3 is 0 Å². The van der Waals surface area contributed by atoms with E-state index in [-0.39, 0.29) is 22.3 Å². The van der Waals surface area contributed by atoms with Gasteiger partial charge in [-0.3, -0.25) is 0 Å². The third-order valence-electron chi connectivity index (χ3n) is 7.22. The van der Waals surface area contributed by atoms with Crippen LogP contribution >= 0.6 is 34.4 Å². The summed E-state index contributed by atoms with van der Waals surface area (Å²) >= 11 is 4.25. The first-order chi connectivity index (χ1) is 13.4. The standard InChI is InChI=1S/C23H51IO3SSi2/c1-18(16-24)21(27-30(12,13)23(6,7)8)19(2)20(25-17-28-9)14-15-26-29(10,11)22(3,4)5/h18-21H,14-17H2,1-13H3/t18-,19-,20-,21-/m1/s1. The lowest BCUT2D eigenvalue weighted by Crippen LogP contribution is -2.50. The van der Waals surface area contributed by atoms with Gasteiger partial charge in [-0.15, -0.1) is 11.8 Å². The van der Waals surface area contributed by atoms with Crippen LogP contribution in [0.3, 0.4) is 0 Å². The summed E-state index contributed by atoms with van der Waals surface area (Å²) in [5.41, 5.74) is 0. The fourth-order valence-corrected chi connectivity index (χ4v) is 6.21. The van der Waals surface area contributed by atoms with Gasteiger partial charge in [-0.05, 0) is 54.9 Å². The van der Waals surface area contributed by atoms with Crippen LogP contribution in [0, 0.1) is 11.8 Å². The topological polar surface area (TPSA) is 27.7 Å². The molecule has 4 atom stereocenters. The summed E-state index contributed by atoms with van der Waals surface area (Å²) in [7, 11) is -3.60. The molecule has 0 spiro atoms. The highest BCUT2D eigenvalue weighted by atomic mass is 127. The second kappa shape index (κ2) is 12.7. The summed E-state index contributed by atoms with van der Waals surface area (Å²) in [6.45, 7) is 28.7. The molecule has 0 heterocycles. The van der Waals surface area contributed by atoms with Gasteiger partial charge in [0.15, 0.2) is 16.6 Å². The Bertz CT molecular complexity index is 490. The van der Waals surface area contributed by atoms with Crippen LogP contribution in [-0.2, 0) is 13.6 Å². The van der Waals surface area contributed by atoms with E-state index in [9.17, 15) is 0 Å². The second-order valence-corrected chi connectivity index (χ2v) is 23.1. The average molecular weight is 591 g/mol. The van der Waals surface area contributed by atoms with E-state index in [0.717, 1.165) is 23.4 Å². The van der Waals surface area contributed by atoms with Gasteiger partial charge in [0.2, 0.25) is 0 Å². The van der Waals surface area contributed by atoms with Crippen molar-refractivity contribution in [2.45, 2.75) is 110 Å². The minimum Gasteiger partial charge on any atom is -0.417 e. The van der Waals surface area contributed by atoms with Crippen LogP contribution in [0.15, 0.2) is 0 Å². The molecule has 0 saturated heterocycles. The smallest absolute Gasteiger partial charge is 0.192 e. The van der Waals surface area contributed by atoms with E-state index < -0.39 is 16.6 Å². The maximum absolute atomic E-state index is 6.99. The molecule has 0 bridgehead atoms. The first-order valence-electron chi connectivity index (χ1n) is 11.4. The Morgan fingerprint density at radius 1 is 0.900 bits per heavy atom. The predicted molar refractivity (Wildman–Crippen MR) is 150 cm³/mol. The van der Waals surface area contributed by atoms with Crippen molar-refractivity contribution in [3.63, 3.8) is 0 Å². The van der Waals surface area contributed by atoms with Crippen LogP contribution in [0.1, 0.15) is 61.8 Å². The Hall–Kier alpha value is 1.39. The minimum atomic E-state index is -1.86. The Labute approximate surface area is 209 Å². The second-order valence-electron chi connectivity index (χ2n) is 11.8. The third-order valence-corrected chi connectivity index (χ3v) is 18.0. The molecule has 0 saturated carbocycles. The SMILES string of the molecule is CSCO[C@H](CCO[Si](C)(C)C(C)(C)C)[C@@H](C)[C@H](O[Si](C)(C)C(C)(C)C)[C@H](C)CI. The summed E-state index contributed by atoms with van der Waals surface area (Å²) in [6, 6.07) is 0. The number of alkyl halides is 1. The largest absolute Gasteiger partial charge is 0.417 e. The van der Waals surface area contributed by atoms with Gasteiger partial charge in [-0.25, -0.2) is 0 Å². The Morgan fingerprint density at radius 3 is 1.80 bits per heavy atom. The molecule has 0 aromatic carbocycles. The van der Waals surface area contributed by atoms with Crippen molar-refractivity contribution in [2.24, 2.45) is 11.8 Å². The quantitative estimate of drug-likeness (QED) is 0.0935. The molecule has 182 valence electrons. The fraction of sp³-hybridized carbons (Fsp3) is 1.00. The van der Waals surface area contributed by atoms with Gasteiger partial charge in [-0.1, -0.05) is 78.0 Å². The molecule has 3 nitrogen and oxygen atoms in total. The number of hydrogen-bond donors (Lipinski definition) is 0. The lowest BCUT2D eigenvalue weighted by atomic mass is 9.89. The highest BCUT2D eigenvalue weighted by Crippen LogP contribution is 2.40. The molecule has 7 heteroatoms. The number of halogens is 1. The van der Waals surface area contributed by atoms with Crippen LogP contribution in [0.2, 0.25) is 36.3 Å². The Balaban J connectivity index is 5.47. The molecule has 0 amide bonds. The van der Waals surface area contributed by atoms with Crippen molar-refractivity contribution < 1.29 is 13.6 Å². The average Bonchev–Trinajstić information content (AvgIpc) is 2.59. The Kier molecular flexibility index (Phi) is 13.3. The molecule has 0 fully saturated rings. The van der Waals surface area contributed by atoms with E-state index in [1.807, 2.05) is 0 Å². The van der Waals surface area contributed by atoms with Crippen molar-refractivity contribution in [2.75, 3.05) is 23.2 Å². The summed E-state index contributed by atoms with van der Waals surface area (Å²) < 4.78 is 20.9. The lowest BCUT2D eigenvalue weighted by Gasteiger charge is -2.44. The van der Waals surface area contributed by atoms with Gasteiger partial charge in [0.1, 0.15) is 0 Å². The maximum Gasteiger partial charge on any atom is 0.192 e. The summed E-state index contributed by atoms with van der Waals surface area (Å²) in [5, 5.41) is 0.439. The molecular formula is C23H51IO3SSi2. The third kappa shape index (κ3) is 9.71. The van der Waals surface area contributed by atoms with Crippen LogP contribution in [0.5, 0.6) is 0 Å². The van der Waals surface area contributed by atoms with Crippen LogP contribution in [-0.4, -0.2) is 52.1 Å². The van der Waals surface area contributed by atoms with E-state index >= 15 is 0 Å². The van der Waals surface area contributed by atoms with Crippen molar-refractivity contribution in [1.82, 2.24) is 0 Å². The molecule has 0 aliphatic carbocycles. The van der Waals surface area contributed by atoms with Gasteiger partial charge in [0, 0.05) is 17.0 Å². The molecule has 0 aromatic heterocycles. The monoisotopic (exact) mass is 590 g/mol. The zero-order valence-corrected chi connectivity index (χ0v) is 27.1. The van der Waals surface area contributed by atoms with Gasteiger partial charge in [-0.2, -0.15) is 0 Å². The molecule has 0 aliphatic heterocycles. The summed E-state index contributed by atoms with van der Waals surface area (Å²) in [6.07, 6.45) is 3.40. The molecule has 0 aromatic rings. The van der Waals surface area contributed by atoms with Gasteiger partial charge < -0.3 is 13.6 Å². The zero-order valence-electron chi connectivity index (χ0n) is 22.1. The molecule has 0 N–H and O–H groups in total. The highest BCUT2D eigenvalue weighted by molar-refractivity contribution is 14.1. The van der Waals surface area contributed by atoms with E-state index in [0.29, 0.717) is 11.8 Å². The fourth-order valence-electron chi connectivity index (χ4n) is 2.86. The molecule has 0 aliphatic rings. The Morgan fingerprint density at radius 2 is 1.40 bits per heavy atom. The van der Waals surface area contributed by atoms with Crippen LogP contribution in [0.4, 0.5) is 0 Å². The first-order valence-corrected chi connectivity index (χ1v) is 20.1. The molecule has 0 rings (SSSR count). The van der Waals surface area contributed by atoms with E-state index in [2.05, 4.69) is 110 Å². The van der Waals surface area contributed by atoms with E-state index in [4.69, 9.17) is 13.6 Å². The van der Waals surface area contributed by atoms with Gasteiger partial charge in [0.05, 0.1) is 18.1 Å². The molecule has 30 heavy (non-hydrogen) atoms. The van der Waals surface area contributed by atoms with Crippen molar-refractivity contribution in [1.29, 1.82) is 0 Å². The molecule has 0 radical (unpaired) electrons. The van der Waals surface area contributed by atoms with Crippen molar-refractivity contribution in [3.8, 4) is 0 Å². The highest BCUT2D eigenvalue weighted by Gasteiger charge is 2.43. The van der Waals surface area contributed by atoms with Crippen LogP contribution < -0.4 is 0 Å². The van der Waals surface area contributed by atoms with Crippen molar-refractivity contribution in [3.05, 3.63) is 0 Å². The van der Waals surface area contributed by atoms with E-state index in [1.54, 1.807) is 11.8 Å². The molecule has 0 unspecified atom stereocenters. The number of ether oxygens (including phenoxy) is 1. The first kappa shape index (κ1) is 31.4. The van der Waals surface area contributed by atoms with Crippen LogP contribution in [0.25, 0.3) is 0 Å². The van der Waals surface area contributed by atoms with Crippen molar-refractivity contribution >= 4 is 51.0 Å². The summed E-state index contributed by atoms with van der Waals surface area (Å²) in [5.74, 6) is 1.55. The maximum atomic E-state index is 6.99. The minimum absolute atomic E-state index is 0.155. The van der Waals surface area contributed by atoms with E-state index in [1.165, 1.54) is 0 Å². The normalized spacial score (nSPS) is 18.2. The number of hydrogen-bond acceptors (Lipinski definition) is 4. The number of rotatable bonds is 13. The zero-order chi connectivity index (χ0) is 24.0. The predicted octanol–water partition coefficient (Wildman–Crippen LogP) is 8.20. The van der Waals surface area contributed by atoms with Gasteiger partial charge in [0.25, 0.3) is 0 Å². The number of thioether (sulfide) groups is 1.